The van der Waals surface area contributed by atoms with Crippen molar-refractivity contribution < 1.29 is 4.79 Å². The molecule has 0 fully saturated rings. The second-order valence-electron chi connectivity index (χ2n) is 6.74. The zero-order chi connectivity index (χ0) is 19.8. The van der Waals surface area contributed by atoms with E-state index in [4.69, 9.17) is 0 Å². The highest BCUT2D eigenvalue weighted by atomic mass is 32.2. The third-order valence-corrected chi connectivity index (χ3v) is 5.87. The van der Waals surface area contributed by atoms with Crippen LogP contribution in [0.1, 0.15) is 5.56 Å². The van der Waals surface area contributed by atoms with Crippen molar-refractivity contribution in [2.75, 3.05) is 17.2 Å². The predicted octanol–water partition coefficient (Wildman–Crippen LogP) is 2.77. The maximum atomic E-state index is 12.8. The Hall–Kier alpha value is -3.39. The second-order valence-corrected chi connectivity index (χ2v) is 7.68. The number of hydrogen-bond donors (Lipinski definition) is 1. The standard InChI is InChI=1S/C21H17N5O2S/c27-18-12-17(14-6-2-1-3-7-14)26-20(22-18)23-24-21(26)29-13-19(28)25-11-10-15-8-4-5-9-16(15)25/h1-9,12H,10-11,13H2,(H,22,23,27). The van der Waals surface area contributed by atoms with Gasteiger partial charge in [0.05, 0.1) is 11.4 Å². The van der Waals surface area contributed by atoms with Gasteiger partial charge in [-0.05, 0) is 23.6 Å². The molecule has 0 spiro atoms. The summed E-state index contributed by atoms with van der Waals surface area (Å²) in [4.78, 5) is 29.4. The molecular weight excluding hydrogens is 386 g/mol. The third kappa shape index (κ3) is 3.21. The summed E-state index contributed by atoms with van der Waals surface area (Å²) in [6.07, 6.45) is 0.875. The van der Waals surface area contributed by atoms with Gasteiger partial charge in [-0.15, -0.1) is 10.2 Å². The van der Waals surface area contributed by atoms with E-state index < -0.39 is 0 Å². The molecule has 1 N–H and O–H groups in total. The molecular formula is C21H17N5O2S. The Morgan fingerprint density at radius 1 is 1.07 bits per heavy atom. The number of aromatic nitrogens is 4. The van der Waals surface area contributed by atoms with E-state index in [2.05, 4.69) is 21.2 Å². The van der Waals surface area contributed by atoms with Crippen LogP contribution in [0, 0.1) is 0 Å². The Labute approximate surface area is 170 Å². The maximum Gasteiger partial charge on any atom is 0.252 e. The van der Waals surface area contributed by atoms with Crippen molar-refractivity contribution in [3.8, 4) is 11.3 Å². The molecule has 1 aliphatic heterocycles. The number of anilines is 1. The van der Waals surface area contributed by atoms with E-state index in [1.807, 2.05) is 53.4 Å². The van der Waals surface area contributed by atoms with Gasteiger partial charge in [-0.25, -0.2) is 0 Å². The number of aromatic amines is 1. The number of amides is 1. The minimum Gasteiger partial charge on any atom is -0.311 e. The van der Waals surface area contributed by atoms with E-state index in [9.17, 15) is 9.59 Å². The molecule has 29 heavy (non-hydrogen) atoms. The fraction of sp³-hybridized carbons (Fsp3) is 0.143. The monoisotopic (exact) mass is 403 g/mol. The number of rotatable bonds is 4. The summed E-state index contributed by atoms with van der Waals surface area (Å²) in [7, 11) is 0. The van der Waals surface area contributed by atoms with Crippen LogP contribution in [0.15, 0.2) is 70.6 Å². The Kier molecular flexibility index (Phi) is 4.40. The Balaban J connectivity index is 1.45. The van der Waals surface area contributed by atoms with Crippen LogP contribution in [0.25, 0.3) is 17.0 Å². The molecule has 1 aliphatic rings. The summed E-state index contributed by atoms with van der Waals surface area (Å²) in [5.41, 5.74) is 3.51. The molecule has 5 rings (SSSR count). The van der Waals surface area contributed by atoms with Gasteiger partial charge in [0.25, 0.3) is 5.56 Å². The Morgan fingerprint density at radius 3 is 2.72 bits per heavy atom. The Bertz CT molecular complexity index is 1270. The van der Waals surface area contributed by atoms with Gasteiger partial charge in [0.1, 0.15) is 0 Å². The lowest BCUT2D eigenvalue weighted by molar-refractivity contribution is -0.116. The zero-order valence-electron chi connectivity index (χ0n) is 15.4. The van der Waals surface area contributed by atoms with E-state index in [1.54, 1.807) is 4.40 Å². The highest BCUT2D eigenvalue weighted by Gasteiger charge is 2.24. The van der Waals surface area contributed by atoms with Crippen LogP contribution >= 0.6 is 11.8 Å². The molecule has 1 amide bonds. The number of carbonyl (C=O) groups excluding carboxylic acids is 1. The number of benzene rings is 2. The van der Waals surface area contributed by atoms with Crippen LogP contribution in [-0.2, 0) is 11.2 Å². The third-order valence-electron chi connectivity index (χ3n) is 4.96. The summed E-state index contributed by atoms with van der Waals surface area (Å²) in [6, 6.07) is 19.1. The molecule has 0 saturated heterocycles. The van der Waals surface area contributed by atoms with Crippen LogP contribution in [-0.4, -0.2) is 37.8 Å². The molecule has 0 bridgehead atoms. The van der Waals surface area contributed by atoms with Crippen LogP contribution in [0.3, 0.4) is 0 Å². The topological polar surface area (TPSA) is 83.4 Å². The van der Waals surface area contributed by atoms with Gasteiger partial charge in [-0.1, -0.05) is 60.3 Å². The predicted molar refractivity (Wildman–Crippen MR) is 112 cm³/mol. The first kappa shape index (κ1) is 17.7. The molecule has 3 heterocycles. The molecule has 2 aromatic carbocycles. The first-order chi connectivity index (χ1) is 14.2. The van der Waals surface area contributed by atoms with E-state index in [1.165, 1.54) is 23.4 Å². The van der Waals surface area contributed by atoms with Gasteiger partial charge < -0.3 is 4.90 Å². The van der Waals surface area contributed by atoms with E-state index >= 15 is 0 Å². The van der Waals surface area contributed by atoms with Crippen molar-refractivity contribution in [3.05, 3.63) is 76.6 Å². The summed E-state index contributed by atoms with van der Waals surface area (Å²) >= 11 is 1.32. The second kappa shape index (κ2) is 7.21. The molecule has 0 radical (unpaired) electrons. The summed E-state index contributed by atoms with van der Waals surface area (Å²) in [5, 5.41) is 8.85. The van der Waals surface area contributed by atoms with Crippen molar-refractivity contribution in [3.63, 3.8) is 0 Å². The van der Waals surface area contributed by atoms with Crippen LogP contribution in [0.2, 0.25) is 0 Å². The fourth-order valence-electron chi connectivity index (χ4n) is 3.62. The van der Waals surface area contributed by atoms with E-state index in [0.29, 0.717) is 23.2 Å². The van der Waals surface area contributed by atoms with Crippen molar-refractivity contribution in [2.24, 2.45) is 0 Å². The van der Waals surface area contributed by atoms with Gasteiger partial charge in [0, 0.05) is 18.3 Å². The average Bonchev–Trinajstić information content (AvgIpc) is 3.36. The van der Waals surface area contributed by atoms with Crippen LogP contribution in [0.5, 0.6) is 0 Å². The van der Waals surface area contributed by atoms with Crippen molar-refractivity contribution in [2.45, 2.75) is 11.6 Å². The number of para-hydroxylation sites is 1. The SMILES string of the molecule is O=C(CSc1nnc2[nH]c(=O)cc(-c3ccccc3)n12)N1CCc2ccccc21. The van der Waals surface area contributed by atoms with Gasteiger partial charge in [0.2, 0.25) is 11.7 Å². The van der Waals surface area contributed by atoms with E-state index in [-0.39, 0.29) is 17.2 Å². The molecule has 0 unspecified atom stereocenters. The number of nitrogens with zero attached hydrogens (tertiary/aromatic N) is 4. The first-order valence-corrected chi connectivity index (χ1v) is 10.2. The molecule has 0 saturated carbocycles. The lowest BCUT2D eigenvalue weighted by atomic mass is 10.1. The number of nitrogens with one attached hydrogen (secondary N) is 1. The molecule has 0 aliphatic carbocycles. The molecule has 8 heteroatoms. The van der Waals surface area contributed by atoms with Crippen LogP contribution < -0.4 is 10.5 Å². The summed E-state index contributed by atoms with van der Waals surface area (Å²) < 4.78 is 1.78. The lowest BCUT2D eigenvalue weighted by Gasteiger charge is -2.16. The molecule has 0 atom stereocenters. The number of H-pyrrole nitrogens is 1. The number of thioether (sulfide) groups is 1. The Morgan fingerprint density at radius 2 is 1.86 bits per heavy atom. The first-order valence-electron chi connectivity index (χ1n) is 9.26. The highest BCUT2D eigenvalue weighted by Crippen LogP contribution is 2.29. The van der Waals surface area contributed by atoms with Crippen molar-refractivity contribution in [1.29, 1.82) is 0 Å². The van der Waals surface area contributed by atoms with Crippen LogP contribution in [0.4, 0.5) is 5.69 Å². The molecule has 144 valence electrons. The quantitative estimate of drug-likeness (QED) is 0.530. The molecule has 4 aromatic rings. The zero-order valence-corrected chi connectivity index (χ0v) is 16.2. The number of hydrogen-bond acceptors (Lipinski definition) is 5. The number of carbonyl (C=O) groups is 1. The minimum absolute atomic E-state index is 0.0300. The fourth-order valence-corrected chi connectivity index (χ4v) is 4.44. The average molecular weight is 403 g/mol. The summed E-state index contributed by atoms with van der Waals surface area (Å²) in [6.45, 7) is 0.696. The molecule has 2 aromatic heterocycles. The maximum absolute atomic E-state index is 12.8. The normalized spacial score (nSPS) is 13.0. The summed E-state index contributed by atoms with van der Waals surface area (Å²) in [5.74, 6) is 0.628. The smallest absolute Gasteiger partial charge is 0.252 e. The van der Waals surface area contributed by atoms with Gasteiger partial charge in [-0.3, -0.25) is 19.0 Å². The lowest BCUT2D eigenvalue weighted by Crippen LogP contribution is -2.30. The molecule has 7 nitrogen and oxygen atoms in total. The van der Waals surface area contributed by atoms with E-state index in [0.717, 1.165) is 17.7 Å². The van der Waals surface area contributed by atoms with Crippen molar-refractivity contribution in [1.82, 2.24) is 19.6 Å². The van der Waals surface area contributed by atoms with Gasteiger partial charge in [0.15, 0.2) is 5.16 Å². The highest BCUT2D eigenvalue weighted by molar-refractivity contribution is 7.99. The van der Waals surface area contributed by atoms with Gasteiger partial charge in [-0.2, -0.15) is 0 Å². The number of fused-ring (bicyclic) bond motifs is 2. The minimum atomic E-state index is -0.245. The van der Waals surface area contributed by atoms with Crippen molar-refractivity contribution >= 4 is 29.1 Å². The largest absolute Gasteiger partial charge is 0.311 e. The van der Waals surface area contributed by atoms with Gasteiger partial charge >= 0.3 is 0 Å².